The van der Waals surface area contributed by atoms with E-state index in [1.807, 2.05) is 0 Å². The summed E-state index contributed by atoms with van der Waals surface area (Å²) < 4.78 is 14.6. The first kappa shape index (κ1) is 14.3. The van der Waals surface area contributed by atoms with Gasteiger partial charge in [-0.15, -0.1) is 0 Å². The van der Waals surface area contributed by atoms with Gasteiger partial charge in [0.25, 0.3) is 0 Å². The zero-order chi connectivity index (χ0) is 13.9. The van der Waals surface area contributed by atoms with Crippen molar-refractivity contribution in [3.8, 4) is 0 Å². The van der Waals surface area contributed by atoms with E-state index in [0.29, 0.717) is 0 Å². The third kappa shape index (κ3) is 4.27. The van der Waals surface area contributed by atoms with E-state index in [2.05, 4.69) is 4.52 Å². The molecule has 0 radical (unpaired) electrons. The number of carboxylic acid groups (broad SMARTS) is 2. The van der Waals surface area contributed by atoms with Crippen LogP contribution in [0.15, 0.2) is 18.2 Å². The van der Waals surface area contributed by atoms with E-state index >= 15 is 0 Å². The Labute approximate surface area is 101 Å². The number of hydrogen-bond donors (Lipinski definition) is 4. The lowest BCUT2D eigenvalue weighted by molar-refractivity contribution is 0.0696. The van der Waals surface area contributed by atoms with Crippen molar-refractivity contribution in [1.82, 2.24) is 0 Å². The van der Waals surface area contributed by atoms with Gasteiger partial charge < -0.3 is 20.0 Å². The van der Waals surface area contributed by atoms with E-state index in [1.165, 1.54) is 0 Å². The molecule has 4 N–H and O–H groups in total. The molecule has 0 bridgehead atoms. The Balaban J connectivity index is 3.07. The van der Waals surface area contributed by atoms with Gasteiger partial charge in [0.2, 0.25) is 0 Å². The largest absolute Gasteiger partial charge is 0.478 e. The SMILES string of the molecule is O=C(O)c1cc(COP(=O)(O)O)cc(C(=O)O)c1. The van der Waals surface area contributed by atoms with Gasteiger partial charge in [0.05, 0.1) is 17.7 Å². The van der Waals surface area contributed by atoms with Crippen LogP contribution in [0.25, 0.3) is 0 Å². The van der Waals surface area contributed by atoms with Gasteiger partial charge in [0.1, 0.15) is 0 Å². The molecular formula is C9H9O8P. The quantitative estimate of drug-likeness (QED) is 0.575. The van der Waals surface area contributed by atoms with Gasteiger partial charge in [0.15, 0.2) is 0 Å². The molecule has 98 valence electrons. The fraction of sp³-hybridized carbons (Fsp3) is 0.111. The highest BCUT2D eigenvalue weighted by molar-refractivity contribution is 7.46. The van der Waals surface area contributed by atoms with Crippen LogP contribution in [-0.4, -0.2) is 31.9 Å². The maximum absolute atomic E-state index is 10.7. The number of phosphoric acid groups is 1. The highest BCUT2D eigenvalue weighted by atomic mass is 31.2. The first-order valence-corrected chi connectivity index (χ1v) is 6.03. The molecule has 0 aromatic heterocycles. The van der Waals surface area contributed by atoms with Crippen molar-refractivity contribution in [2.24, 2.45) is 0 Å². The highest BCUT2D eigenvalue weighted by Crippen LogP contribution is 2.37. The van der Waals surface area contributed by atoms with Gasteiger partial charge >= 0.3 is 19.8 Å². The molecule has 0 saturated carbocycles. The zero-order valence-corrected chi connectivity index (χ0v) is 9.70. The minimum Gasteiger partial charge on any atom is -0.478 e. The summed E-state index contributed by atoms with van der Waals surface area (Å²) in [4.78, 5) is 38.5. The molecule has 0 aliphatic rings. The van der Waals surface area contributed by atoms with Crippen molar-refractivity contribution in [3.05, 3.63) is 34.9 Å². The average molecular weight is 276 g/mol. The van der Waals surface area contributed by atoms with Crippen molar-refractivity contribution in [2.45, 2.75) is 6.61 Å². The van der Waals surface area contributed by atoms with Crippen LogP contribution in [0.4, 0.5) is 0 Å². The number of hydrogen-bond acceptors (Lipinski definition) is 4. The Morgan fingerprint density at radius 2 is 1.50 bits per heavy atom. The molecule has 1 aromatic rings. The second kappa shape index (κ2) is 5.28. The fourth-order valence-electron chi connectivity index (χ4n) is 1.18. The van der Waals surface area contributed by atoms with Crippen LogP contribution in [0.5, 0.6) is 0 Å². The lowest BCUT2D eigenvalue weighted by atomic mass is 10.1. The summed E-state index contributed by atoms with van der Waals surface area (Å²) in [7, 11) is -4.70. The van der Waals surface area contributed by atoms with Crippen molar-refractivity contribution in [2.75, 3.05) is 0 Å². The van der Waals surface area contributed by atoms with Crippen LogP contribution in [0, 0.1) is 0 Å². The van der Waals surface area contributed by atoms with Crippen LogP contribution >= 0.6 is 7.82 Å². The standard InChI is InChI=1S/C9H9O8P/c10-8(11)6-1-5(4-17-18(14,15)16)2-7(3-6)9(12)13/h1-3H,4H2,(H,10,11)(H,12,13)(H2,14,15,16). The van der Waals surface area contributed by atoms with Crippen LogP contribution in [0.3, 0.4) is 0 Å². The molecule has 1 aromatic carbocycles. The lowest BCUT2D eigenvalue weighted by Crippen LogP contribution is -2.04. The third-order valence-electron chi connectivity index (χ3n) is 1.89. The van der Waals surface area contributed by atoms with Gasteiger partial charge in [-0.05, 0) is 23.8 Å². The minimum atomic E-state index is -4.70. The molecule has 0 aliphatic carbocycles. The zero-order valence-electron chi connectivity index (χ0n) is 8.81. The number of carboxylic acids is 2. The van der Waals surface area contributed by atoms with E-state index in [0.717, 1.165) is 18.2 Å². The molecule has 0 aliphatic heterocycles. The Hall–Kier alpha value is -1.73. The summed E-state index contributed by atoms with van der Waals surface area (Å²) in [6.07, 6.45) is 0. The van der Waals surface area contributed by atoms with E-state index < -0.39 is 26.4 Å². The van der Waals surface area contributed by atoms with Gasteiger partial charge in [-0.3, -0.25) is 4.52 Å². The first-order chi connectivity index (χ1) is 8.19. The summed E-state index contributed by atoms with van der Waals surface area (Å²) in [6.45, 7) is -0.592. The molecule has 18 heavy (non-hydrogen) atoms. The monoisotopic (exact) mass is 276 g/mol. The molecule has 0 fully saturated rings. The number of aromatic carboxylic acids is 2. The van der Waals surface area contributed by atoms with Crippen LogP contribution in [0.1, 0.15) is 26.3 Å². The molecular weight excluding hydrogens is 267 g/mol. The number of benzene rings is 1. The van der Waals surface area contributed by atoms with Gasteiger partial charge in [0, 0.05) is 0 Å². The summed E-state index contributed by atoms with van der Waals surface area (Å²) >= 11 is 0. The van der Waals surface area contributed by atoms with Crippen LogP contribution < -0.4 is 0 Å². The van der Waals surface area contributed by atoms with Gasteiger partial charge in [-0.25, -0.2) is 14.2 Å². The average Bonchev–Trinajstić information content (AvgIpc) is 2.25. The van der Waals surface area contributed by atoms with Gasteiger partial charge in [-0.2, -0.15) is 0 Å². The van der Waals surface area contributed by atoms with E-state index in [4.69, 9.17) is 20.0 Å². The molecule has 0 spiro atoms. The Bertz CT molecular complexity index is 499. The van der Waals surface area contributed by atoms with E-state index in [1.54, 1.807) is 0 Å². The molecule has 8 nitrogen and oxygen atoms in total. The second-order valence-electron chi connectivity index (χ2n) is 3.29. The summed E-state index contributed by atoms with van der Waals surface area (Å²) in [5, 5.41) is 17.5. The van der Waals surface area contributed by atoms with Crippen molar-refractivity contribution in [3.63, 3.8) is 0 Å². The van der Waals surface area contributed by atoms with Gasteiger partial charge in [-0.1, -0.05) is 0 Å². The lowest BCUT2D eigenvalue weighted by Gasteiger charge is -2.07. The maximum Gasteiger partial charge on any atom is 0.469 e. The second-order valence-corrected chi connectivity index (χ2v) is 4.53. The molecule has 0 heterocycles. The molecule has 9 heteroatoms. The highest BCUT2D eigenvalue weighted by Gasteiger charge is 2.16. The molecule has 0 unspecified atom stereocenters. The molecule has 0 atom stereocenters. The Morgan fingerprint density at radius 3 is 1.83 bits per heavy atom. The van der Waals surface area contributed by atoms with Crippen molar-refractivity contribution in [1.29, 1.82) is 0 Å². The van der Waals surface area contributed by atoms with Crippen LogP contribution in [0.2, 0.25) is 0 Å². The molecule has 0 amide bonds. The van der Waals surface area contributed by atoms with Crippen molar-refractivity contribution < 1.29 is 38.7 Å². The summed E-state index contributed by atoms with van der Waals surface area (Å²) in [6, 6.07) is 3.08. The minimum absolute atomic E-state index is 0.0376. The smallest absolute Gasteiger partial charge is 0.469 e. The normalized spacial score (nSPS) is 11.2. The predicted molar refractivity (Wildman–Crippen MR) is 57.2 cm³/mol. The fourth-order valence-corrected chi connectivity index (χ4v) is 1.50. The number of carbonyl (C=O) groups is 2. The Kier molecular flexibility index (Phi) is 4.20. The summed E-state index contributed by atoms with van der Waals surface area (Å²) in [5.41, 5.74) is -0.575. The Morgan fingerprint density at radius 1 is 1.06 bits per heavy atom. The topological polar surface area (TPSA) is 141 Å². The predicted octanol–water partition coefficient (Wildman–Crippen LogP) is 0.692. The number of rotatable bonds is 5. The third-order valence-corrected chi connectivity index (χ3v) is 2.35. The first-order valence-electron chi connectivity index (χ1n) is 4.49. The maximum atomic E-state index is 10.7. The molecule has 1 rings (SSSR count). The van der Waals surface area contributed by atoms with Crippen LogP contribution in [-0.2, 0) is 15.7 Å². The summed E-state index contributed by atoms with van der Waals surface area (Å²) in [5.74, 6) is -2.70. The van der Waals surface area contributed by atoms with Crippen molar-refractivity contribution >= 4 is 19.8 Å². The van der Waals surface area contributed by atoms with E-state index in [9.17, 15) is 14.2 Å². The van der Waals surface area contributed by atoms with E-state index in [-0.39, 0.29) is 16.7 Å². The molecule has 0 saturated heterocycles. The number of phosphoric ester groups is 1.